The molecule has 1 amide bonds. The summed E-state index contributed by atoms with van der Waals surface area (Å²) in [5.74, 6) is 1.18. The van der Waals surface area contributed by atoms with Gasteiger partial charge in [-0.2, -0.15) is 0 Å². The molecule has 0 bridgehead atoms. The molecule has 0 aliphatic rings. The summed E-state index contributed by atoms with van der Waals surface area (Å²) in [5, 5.41) is 0. The zero-order valence-corrected chi connectivity index (χ0v) is 16.4. The molecule has 2 aromatic rings. The van der Waals surface area contributed by atoms with Crippen LogP contribution in [0, 0.1) is 5.92 Å². The molecule has 2 rings (SSSR count). The van der Waals surface area contributed by atoms with Crippen LogP contribution < -0.4 is 19.7 Å². The Morgan fingerprint density at radius 2 is 1.59 bits per heavy atom. The molecule has 0 saturated heterocycles. The first-order valence-corrected chi connectivity index (χ1v) is 9.99. The highest BCUT2D eigenvalue weighted by Gasteiger charge is 2.16. The monoisotopic (exact) mass is 392 g/mol. The summed E-state index contributed by atoms with van der Waals surface area (Å²) >= 11 is 0. The molecule has 27 heavy (non-hydrogen) atoms. The summed E-state index contributed by atoms with van der Waals surface area (Å²) in [6, 6.07) is 12.3. The van der Waals surface area contributed by atoms with Gasteiger partial charge in [0.25, 0.3) is 15.9 Å². The summed E-state index contributed by atoms with van der Waals surface area (Å²) in [6.45, 7) is 4.83. The minimum Gasteiger partial charge on any atom is -0.497 e. The number of hydrazine groups is 1. The van der Waals surface area contributed by atoms with E-state index in [-0.39, 0.29) is 4.90 Å². The third-order valence-corrected chi connectivity index (χ3v) is 5.01. The van der Waals surface area contributed by atoms with E-state index in [9.17, 15) is 13.2 Å². The summed E-state index contributed by atoms with van der Waals surface area (Å²) in [5.41, 5.74) is 2.50. The van der Waals surface area contributed by atoms with Gasteiger partial charge >= 0.3 is 0 Å². The maximum atomic E-state index is 12.2. The lowest BCUT2D eigenvalue weighted by molar-refractivity contribution is 0.0945. The Kier molecular flexibility index (Phi) is 7.20. The number of ether oxygens (including phenoxy) is 2. The van der Waals surface area contributed by atoms with Crippen LogP contribution in [0.15, 0.2) is 53.4 Å². The van der Waals surface area contributed by atoms with Crippen molar-refractivity contribution < 1.29 is 22.7 Å². The largest absolute Gasteiger partial charge is 0.497 e. The molecule has 0 aliphatic heterocycles. The van der Waals surface area contributed by atoms with Gasteiger partial charge in [-0.05, 0) is 60.9 Å². The third-order valence-electron chi connectivity index (χ3n) is 3.75. The molecule has 0 atom stereocenters. The molecule has 0 radical (unpaired) electrons. The maximum absolute atomic E-state index is 12.2. The molecule has 0 fully saturated rings. The van der Waals surface area contributed by atoms with Crippen molar-refractivity contribution in [3.63, 3.8) is 0 Å². The fraction of sp³-hybridized carbons (Fsp3) is 0.316. The smallest absolute Gasteiger partial charge is 0.266 e. The topological polar surface area (TPSA) is 93.7 Å². The lowest BCUT2D eigenvalue weighted by Gasteiger charge is -2.10. The Morgan fingerprint density at radius 3 is 2.15 bits per heavy atom. The summed E-state index contributed by atoms with van der Waals surface area (Å²) in [7, 11) is -2.39. The first kappa shape index (κ1) is 20.7. The van der Waals surface area contributed by atoms with Gasteiger partial charge in [0.2, 0.25) is 0 Å². The van der Waals surface area contributed by atoms with Gasteiger partial charge in [-0.1, -0.05) is 13.8 Å². The highest BCUT2D eigenvalue weighted by atomic mass is 32.2. The van der Waals surface area contributed by atoms with Crippen LogP contribution in [0.5, 0.6) is 11.5 Å². The van der Waals surface area contributed by atoms with Crippen LogP contribution in [-0.4, -0.2) is 28.0 Å². The number of hydrogen-bond acceptors (Lipinski definition) is 5. The van der Waals surface area contributed by atoms with E-state index in [4.69, 9.17) is 9.47 Å². The fourth-order valence-electron chi connectivity index (χ4n) is 2.11. The van der Waals surface area contributed by atoms with Crippen molar-refractivity contribution >= 4 is 15.9 Å². The van der Waals surface area contributed by atoms with Crippen molar-refractivity contribution in [2.75, 3.05) is 13.7 Å². The lowest BCUT2D eigenvalue weighted by atomic mass is 10.1. The van der Waals surface area contributed by atoms with Crippen LogP contribution in [-0.2, 0) is 10.0 Å². The number of carbonyl (C=O) groups excluding carboxylic acids is 1. The number of benzene rings is 2. The maximum Gasteiger partial charge on any atom is 0.266 e. The van der Waals surface area contributed by atoms with Gasteiger partial charge in [-0.3, -0.25) is 10.2 Å². The van der Waals surface area contributed by atoms with E-state index in [0.717, 1.165) is 6.42 Å². The molecule has 7 nitrogen and oxygen atoms in total. The number of nitrogens with one attached hydrogen (secondary N) is 2. The fourth-order valence-corrected chi connectivity index (χ4v) is 2.95. The Morgan fingerprint density at radius 1 is 1.00 bits per heavy atom. The second kappa shape index (κ2) is 9.38. The quantitative estimate of drug-likeness (QED) is 0.640. The van der Waals surface area contributed by atoms with E-state index in [1.54, 1.807) is 24.3 Å². The highest BCUT2D eigenvalue weighted by Crippen LogP contribution is 2.15. The van der Waals surface area contributed by atoms with E-state index >= 15 is 0 Å². The summed E-state index contributed by atoms with van der Waals surface area (Å²) in [4.78, 5) is 14.2. The standard InChI is InChI=1S/C19H24N2O5S/c1-14(2)12-13-26-17-6-4-15(5-7-17)19(22)20-21-27(23,24)18-10-8-16(25-3)9-11-18/h4-11,14,21H,12-13H2,1-3H3,(H,20,22). The Balaban J connectivity index is 1.92. The van der Waals surface area contributed by atoms with Gasteiger partial charge in [-0.25, -0.2) is 8.42 Å². The van der Waals surface area contributed by atoms with Gasteiger partial charge in [0, 0.05) is 5.56 Å². The van der Waals surface area contributed by atoms with Gasteiger partial charge in [0.1, 0.15) is 11.5 Å². The number of methoxy groups -OCH3 is 1. The normalized spacial score (nSPS) is 11.3. The van der Waals surface area contributed by atoms with E-state index in [1.807, 2.05) is 0 Å². The zero-order valence-electron chi connectivity index (χ0n) is 15.6. The molecule has 0 saturated carbocycles. The molecular weight excluding hydrogens is 368 g/mol. The Hall–Kier alpha value is -2.58. The van der Waals surface area contributed by atoms with Gasteiger partial charge < -0.3 is 9.47 Å². The summed E-state index contributed by atoms with van der Waals surface area (Å²) < 4.78 is 35.0. The predicted molar refractivity (Wildman–Crippen MR) is 102 cm³/mol. The van der Waals surface area contributed by atoms with Crippen LogP contribution in [0.4, 0.5) is 0 Å². The number of rotatable bonds is 9. The Labute approximate surface area is 159 Å². The molecule has 146 valence electrons. The van der Waals surface area contributed by atoms with Crippen LogP contribution in [0.1, 0.15) is 30.6 Å². The van der Waals surface area contributed by atoms with Crippen molar-refractivity contribution in [2.45, 2.75) is 25.2 Å². The van der Waals surface area contributed by atoms with Gasteiger partial charge in [0.05, 0.1) is 18.6 Å². The third kappa shape index (κ3) is 6.26. The Bertz CT molecular complexity index is 847. The van der Waals surface area contributed by atoms with Gasteiger partial charge in [-0.15, -0.1) is 4.83 Å². The van der Waals surface area contributed by atoms with Crippen LogP contribution in [0.3, 0.4) is 0 Å². The van der Waals surface area contributed by atoms with Crippen LogP contribution >= 0.6 is 0 Å². The van der Waals surface area contributed by atoms with Crippen molar-refractivity contribution in [3.8, 4) is 11.5 Å². The SMILES string of the molecule is COc1ccc(S(=O)(=O)NNC(=O)c2ccc(OCCC(C)C)cc2)cc1. The molecule has 8 heteroatoms. The van der Waals surface area contributed by atoms with Crippen molar-refractivity contribution in [3.05, 3.63) is 54.1 Å². The van der Waals surface area contributed by atoms with E-state index in [1.165, 1.54) is 31.4 Å². The molecule has 0 aromatic heterocycles. The minimum absolute atomic E-state index is 0.0116. The zero-order chi connectivity index (χ0) is 19.9. The minimum atomic E-state index is -3.88. The predicted octanol–water partition coefficient (Wildman–Crippen LogP) is 2.74. The second-order valence-electron chi connectivity index (χ2n) is 6.29. The van der Waals surface area contributed by atoms with E-state index in [2.05, 4.69) is 24.1 Å². The molecule has 0 heterocycles. The molecule has 0 unspecified atom stereocenters. The van der Waals surface area contributed by atoms with Crippen molar-refractivity contribution in [1.82, 2.24) is 10.3 Å². The van der Waals surface area contributed by atoms with Crippen molar-refractivity contribution in [1.29, 1.82) is 0 Å². The number of carbonyl (C=O) groups is 1. The van der Waals surface area contributed by atoms with E-state index in [0.29, 0.717) is 29.6 Å². The average molecular weight is 392 g/mol. The second-order valence-corrected chi connectivity index (χ2v) is 7.97. The number of hydrogen-bond donors (Lipinski definition) is 2. The van der Waals surface area contributed by atoms with Crippen LogP contribution in [0.25, 0.3) is 0 Å². The van der Waals surface area contributed by atoms with Crippen molar-refractivity contribution in [2.24, 2.45) is 5.92 Å². The number of sulfonamides is 1. The first-order chi connectivity index (χ1) is 12.8. The lowest BCUT2D eigenvalue weighted by Crippen LogP contribution is -2.41. The van der Waals surface area contributed by atoms with Crippen LogP contribution in [0.2, 0.25) is 0 Å². The summed E-state index contributed by atoms with van der Waals surface area (Å²) in [6.07, 6.45) is 0.940. The van der Waals surface area contributed by atoms with E-state index < -0.39 is 15.9 Å². The number of amides is 1. The molecule has 0 aliphatic carbocycles. The first-order valence-electron chi connectivity index (χ1n) is 8.51. The molecular formula is C19H24N2O5S. The van der Waals surface area contributed by atoms with Gasteiger partial charge in [0.15, 0.2) is 0 Å². The molecule has 0 spiro atoms. The molecule has 2 N–H and O–H groups in total. The average Bonchev–Trinajstić information content (AvgIpc) is 2.66. The molecule has 2 aromatic carbocycles. The highest BCUT2D eigenvalue weighted by molar-refractivity contribution is 7.89.